The molecule has 118 valence electrons. The molecule has 0 spiro atoms. The van der Waals surface area contributed by atoms with Crippen molar-refractivity contribution in [3.05, 3.63) is 16.5 Å². The molecule has 0 bridgehead atoms. The number of nitrogens with one attached hydrogen (secondary N) is 1. The molecule has 7 nitrogen and oxygen atoms in total. The Balaban J connectivity index is 2.29. The molecule has 1 aliphatic heterocycles. The first-order valence-corrected chi connectivity index (χ1v) is 8.66. The van der Waals surface area contributed by atoms with Gasteiger partial charge >= 0.3 is 5.97 Å². The standard InChI is InChI=1S/C12H17NO6S2/c1-8-6-9(20-10(8)11(15)16)21(17,18)13-12(7-14)2-4-19-5-3-12/h6,13-14H,2-5,7H2,1H3,(H,15,16). The zero-order valence-electron chi connectivity index (χ0n) is 11.5. The van der Waals surface area contributed by atoms with Crippen molar-refractivity contribution in [2.24, 2.45) is 0 Å². The van der Waals surface area contributed by atoms with Crippen LogP contribution < -0.4 is 4.72 Å². The van der Waals surface area contributed by atoms with E-state index in [-0.39, 0.29) is 15.7 Å². The van der Waals surface area contributed by atoms with Gasteiger partial charge in [-0.1, -0.05) is 0 Å². The maximum absolute atomic E-state index is 12.4. The van der Waals surface area contributed by atoms with Gasteiger partial charge in [0.25, 0.3) is 10.0 Å². The summed E-state index contributed by atoms with van der Waals surface area (Å²) in [6.07, 6.45) is 0.748. The summed E-state index contributed by atoms with van der Waals surface area (Å²) in [7, 11) is -3.88. The number of carboxylic acids is 1. The van der Waals surface area contributed by atoms with Crippen LogP contribution in [0.15, 0.2) is 10.3 Å². The molecule has 2 rings (SSSR count). The van der Waals surface area contributed by atoms with Gasteiger partial charge in [-0.25, -0.2) is 17.9 Å². The predicted molar refractivity (Wildman–Crippen MR) is 76.2 cm³/mol. The first-order chi connectivity index (χ1) is 9.80. The summed E-state index contributed by atoms with van der Waals surface area (Å²) < 4.78 is 32.4. The summed E-state index contributed by atoms with van der Waals surface area (Å²) in [5.74, 6) is -1.15. The summed E-state index contributed by atoms with van der Waals surface area (Å²) in [6, 6.07) is 1.33. The maximum Gasteiger partial charge on any atom is 0.346 e. The minimum atomic E-state index is -3.88. The molecular formula is C12H17NO6S2. The minimum absolute atomic E-state index is 0.000371. The number of aliphatic hydroxyl groups is 1. The highest BCUT2D eigenvalue weighted by Crippen LogP contribution is 2.29. The number of aryl methyl sites for hydroxylation is 1. The molecule has 3 N–H and O–H groups in total. The predicted octanol–water partition coefficient (Wildman–Crippen LogP) is 0.575. The van der Waals surface area contributed by atoms with Crippen LogP contribution in [0.25, 0.3) is 0 Å². The Kier molecular flexibility index (Phi) is 4.69. The number of ether oxygens (including phenoxy) is 1. The average Bonchev–Trinajstić information content (AvgIpc) is 2.82. The van der Waals surface area contributed by atoms with Gasteiger partial charge in [0.2, 0.25) is 0 Å². The van der Waals surface area contributed by atoms with Gasteiger partial charge in [0.05, 0.1) is 12.1 Å². The van der Waals surface area contributed by atoms with E-state index in [9.17, 15) is 18.3 Å². The molecule has 1 saturated heterocycles. The van der Waals surface area contributed by atoms with Gasteiger partial charge < -0.3 is 14.9 Å². The van der Waals surface area contributed by atoms with E-state index in [1.54, 1.807) is 6.92 Å². The molecule has 0 radical (unpaired) electrons. The van der Waals surface area contributed by atoms with Crippen molar-refractivity contribution in [3.63, 3.8) is 0 Å². The van der Waals surface area contributed by atoms with Crippen LogP contribution in [0.4, 0.5) is 0 Å². The van der Waals surface area contributed by atoms with Crippen LogP contribution in [0.3, 0.4) is 0 Å². The monoisotopic (exact) mass is 335 g/mol. The third-order valence-electron chi connectivity index (χ3n) is 3.46. The summed E-state index contributed by atoms with van der Waals surface area (Å²) >= 11 is 0.709. The zero-order valence-corrected chi connectivity index (χ0v) is 13.1. The summed E-state index contributed by atoms with van der Waals surface area (Å²) in [6.45, 7) is 1.96. The Hall–Kier alpha value is -1.00. The number of sulfonamides is 1. The van der Waals surface area contributed by atoms with Crippen molar-refractivity contribution in [3.8, 4) is 0 Å². The van der Waals surface area contributed by atoms with E-state index >= 15 is 0 Å². The first kappa shape index (κ1) is 16.4. The fourth-order valence-electron chi connectivity index (χ4n) is 2.19. The smallest absolute Gasteiger partial charge is 0.346 e. The van der Waals surface area contributed by atoms with E-state index in [1.165, 1.54) is 6.07 Å². The SMILES string of the molecule is Cc1cc(S(=O)(=O)NC2(CO)CCOCC2)sc1C(=O)O. The maximum atomic E-state index is 12.4. The van der Waals surface area contributed by atoms with Gasteiger partial charge in [-0.3, -0.25) is 0 Å². The van der Waals surface area contributed by atoms with Gasteiger partial charge in [-0.05, 0) is 31.4 Å². The largest absolute Gasteiger partial charge is 0.477 e. The van der Waals surface area contributed by atoms with Crippen molar-refractivity contribution in [2.45, 2.75) is 29.5 Å². The summed E-state index contributed by atoms with van der Waals surface area (Å²) in [5.41, 5.74) is -0.545. The second kappa shape index (κ2) is 6.01. The Morgan fingerprint density at radius 3 is 2.57 bits per heavy atom. The second-order valence-corrected chi connectivity index (χ2v) is 8.00. The molecule has 0 amide bonds. The molecule has 1 aromatic rings. The van der Waals surface area contributed by atoms with Crippen molar-refractivity contribution in [1.29, 1.82) is 0 Å². The Morgan fingerprint density at radius 1 is 1.48 bits per heavy atom. The van der Waals surface area contributed by atoms with Gasteiger partial charge in [0.1, 0.15) is 9.09 Å². The zero-order chi connectivity index (χ0) is 15.7. The molecule has 0 atom stereocenters. The van der Waals surface area contributed by atoms with Gasteiger partial charge in [-0.2, -0.15) is 0 Å². The van der Waals surface area contributed by atoms with E-state index in [2.05, 4.69) is 4.72 Å². The Morgan fingerprint density at radius 2 is 2.10 bits per heavy atom. The highest BCUT2D eigenvalue weighted by atomic mass is 32.2. The molecule has 0 unspecified atom stereocenters. The number of hydrogen-bond donors (Lipinski definition) is 3. The van der Waals surface area contributed by atoms with Crippen LogP contribution >= 0.6 is 11.3 Å². The molecule has 21 heavy (non-hydrogen) atoms. The fraction of sp³-hybridized carbons (Fsp3) is 0.583. The van der Waals surface area contributed by atoms with Crippen LogP contribution in [0.5, 0.6) is 0 Å². The van der Waals surface area contributed by atoms with Crippen LogP contribution in [0.1, 0.15) is 28.1 Å². The minimum Gasteiger partial charge on any atom is -0.477 e. The van der Waals surface area contributed by atoms with Crippen LogP contribution in [0.2, 0.25) is 0 Å². The number of carbonyl (C=O) groups is 1. The van der Waals surface area contributed by atoms with E-state index in [0.29, 0.717) is 43.0 Å². The number of aromatic carboxylic acids is 1. The van der Waals surface area contributed by atoms with Crippen molar-refractivity contribution in [1.82, 2.24) is 4.72 Å². The Bertz CT molecular complexity index is 630. The third kappa shape index (κ3) is 3.43. The number of rotatable bonds is 5. The van der Waals surface area contributed by atoms with E-state index < -0.39 is 21.5 Å². The average molecular weight is 335 g/mol. The lowest BCUT2D eigenvalue weighted by Crippen LogP contribution is -2.54. The van der Waals surface area contributed by atoms with Crippen molar-refractivity contribution >= 4 is 27.3 Å². The lowest BCUT2D eigenvalue weighted by molar-refractivity contribution is 0.0223. The van der Waals surface area contributed by atoms with Crippen LogP contribution in [-0.2, 0) is 14.8 Å². The second-order valence-electron chi connectivity index (χ2n) is 5.04. The molecule has 2 heterocycles. The topological polar surface area (TPSA) is 113 Å². The molecule has 0 saturated carbocycles. The molecule has 9 heteroatoms. The highest BCUT2D eigenvalue weighted by Gasteiger charge is 2.37. The summed E-state index contributed by atoms with van der Waals surface area (Å²) in [4.78, 5) is 11.0. The van der Waals surface area contributed by atoms with Crippen molar-refractivity contribution in [2.75, 3.05) is 19.8 Å². The molecule has 1 aromatic heterocycles. The van der Waals surface area contributed by atoms with Gasteiger partial charge in [-0.15, -0.1) is 11.3 Å². The first-order valence-electron chi connectivity index (χ1n) is 6.36. The molecule has 1 fully saturated rings. The van der Waals surface area contributed by atoms with Crippen molar-refractivity contribution < 1.29 is 28.2 Å². The van der Waals surface area contributed by atoms with Crippen LogP contribution in [-0.4, -0.2) is 50.0 Å². The lowest BCUT2D eigenvalue weighted by Gasteiger charge is -2.35. The van der Waals surface area contributed by atoms with E-state index in [0.717, 1.165) is 0 Å². The highest BCUT2D eigenvalue weighted by molar-refractivity contribution is 7.91. The van der Waals surface area contributed by atoms with Gasteiger partial charge in [0.15, 0.2) is 0 Å². The van der Waals surface area contributed by atoms with Gasteiger partial charge in [0, 0.05) is 13.2 Å². The summed E-state index contributed by atoms with van der Waals surface area (Å²) in [5, 5.41) is 18.5. The third-order valence-corrected chi connectivity index (χ3v) is 6.74. The number of aliphatic hydroxyl groups excluding tert-OH is 1. The quantitative estimate of drug-likeness (QED) is 0.725. The molecule has 0 aliphatic carbocycles. The van der Waals surface area contributed by atoms with E-state index in [4.69, 9.17) is 9.84 Å². The normalized spacial score (nSPS) is 18.6. The fourth-order valence-corrected chi connectivity index (χ4v) is 5.02. The Labute approximate surface area is 126 Å². The number of hydrogen-bond acceptors (Lipinski definition) is 6. The molecular weight excluding hydrogens is 318 g/mol. The molecule has 0 aromatic carbocycles. The van der Waals surface area contributed by atoms with E-state index in [1.807, 2.05) is 0 Å². The molecule has 1 aliphatic rings. The van der Waals surface area contributed by atoms with Crippen LogP contribution in [0, 0.1) is 6.92 Å². The number of thiophene rings is 1. The lowest BCUT2D eigenvalue weighted by atomic mass is 9.93. The number of carboxylic acid groups (broad SMARTS) is 1.